The number of carbonyl (C=O) groups is 1. The molecule has 27 heavy (non-hydrogen) atoms. The molecule has 146 valence electrons. The number of piperidine rings is 1. The largest absolute Gasteiger partial charge is 0.348 e. The molecule has 1 aromatic carbocycles. The van der Waals surface area contributed by atoms with Gasteiger partial charge in [-0.3, -0.25) is 9.48 Å². The molecule has 0 atom stereocenters. The molecule has 1 N–H and O–H groups in total. The average Bonchev–Trinajstić information content (AvgIpc) is 3.04. The number of carbonyl (C=O) groups excluding carboxylic acids is 1. The first-order chi connectivity index (χ1) is 12.8. The number of aryl methyl sites for hydroxylation is 1. The Bertz CT molecular complexity index is 955. The monoisotopic (exact) mass is 414 g/mol. The number of sulfonamides is 1. The second-order valence-electron chi connectivity index (χ2n) is 6.40. The first-order valence-corrected chi connectivity index (χ1v) is 10.4. The minimum absolute atomic E-state index is 0.0266. The van der Waals surface area contributed by atoms with Gasteiger partial charge in [0.05, 0.1) is 5.56 Å². The van der Waals surface area contributed by atoms with Gasteiger partial charge >= 0.3 is 0 Å². The number of aromatic nitrogens is 2. The Labute approximate surface area is 162 Å². The molecule has 2 aromatic rings. The van der Waals surface area contributed by atoms with Crippen LogP contribution in [0.4, 0.5) is 4.39 Å². The normalized spacial score (nSPS) is 15.7. The number of nitrogens with one attached hydrogen (secondary N) is 1. The van der Waals surface area contributed by atoms with Gasteiger partial charge in [-0.05, 0) is 30.5 Å². The molecule has 7 nitrogen and oxygen atoms in total. The van der Waals surface area contributed by atoms with Crippen molar-refractivity contribution >= 4 is 27.5 Å². The molecule has 1 aliphatic rings. The molecule has 0 unspecified atom stereocenters. The lowest BCUT2D eigenvalue weighted by Crippen LogP contribution is -2.37. The second-order valence-corrected chi connectivity index (χ2v) is 8.67. The van der Waals surface area contributed by atoms with Gasteiger partial charge in [-0.2, -0.15) is 9.40 Å². The van der Waals surface area contributed by atoms with Crippen molar-refractivity contribution in [2.45, 2.75) is 30.8 Å². The Balaban J connectivity index is 1.81. The minimum Gasteiger partial charge on any atom is -0.348 e. The lowest BCUT2D eigenvalue weighted by Gasteiger charge is -2.25. The Morgan fingerprint density at radius 1 is 1.30 bits per heavy atom. The number of amides is 1. The molecule has 0 radical (unpaired) electrons. The Kier molecular flexibility index (Phi) is 5.83. The van der Waals surface area contributed by atoms with Crippen molar-refractivity contribution in [2.75, 3.05) is 13.1 Å². The summed E-state index contributed by atoms with van der Waals surface area (Å²) in [5.41, 5.74) is 0.497. The van der Waals surface area contributed by atoms with Gasteiger partial charge in [-0.1, -0.05) is 24.1 Å². The van der Waals surface area contributed by atoms with Crippen LogP contribution in [-0.4, -0.2) is 41.5 Å². The molecule has 1 saturated heterocycles. The van der Waals surface area contributed by atoms with Gasteiger partial charge < -0.3 is 5.32 Å². The van der Waals surface area contributed by atoms with E-state index in [2.05, 4.69) is 10.4 Å². The van der Waals surface area contributed by atoms with Crippen LogP contribution >= 0.6 is 11.6 Å². The van der Waals surface area contributed by atoms with Crippen LogP contribution in [0.15, 0.2) is 29.4 Å². The van der Waals surface area contributed by atoms with Gasteiger partial charge in [0.2, 0.25) is 5.03 Å². The lowest BCUT2D eigenvalue weighted by molar-refractivity contribution is 0.0947. The molecule has 1 amide bonds. The van der Waals surface area contributed by atoms with Gasteiger partial charge in [0.25, 0.3) is 15.9 Å². The molecule has 0 bridgehead atoms. The van der Waals surface area contributed by atoms with Gasteiger partial charge in [0.1, 0.15) is 5.82 Å². The number of hydrogen-bond donors (Lipinski definition) is 1. The number of benzene rings is 1. The minimum atomic E-state index is -3.85. The van der Waals surface area contributed by atoms with Gasteiger partial charge in [0, 0.05) is 37.9 Å². The highest BCUT2D eigenvalue weighted by atomic mass is 35.5. The maximum Gasteiger partial charge on any atom is 0.263 e. The average molecular weight is 415 g/mol. The summed E-state index contributed by atoms with van der Waals surface area (Å²) < 4.78 is 41.6. The molecular formula is C17H20ClFN4O3S. The standard InChI is InChI=1S/C17H20ClFN4O3S/c1-22-11-14(16(24)20-10-12-5-6-13(19)9-15(12)18)17(21-22)27(25,26)23-7-3-2-4-8-23/h5-6,9,11H,2-4,7-8,10H2,1H3,(H,20,24). The van der Waals surface area contributed by atoms with E-state index in [1.54, 1.807) is 7.05 Å². The first-order valence-electron chi connectivity index (χ1n) is 8.55. The van der Waals surface area contributed by atoms with Crippen molar-refractivity contribution in [1.29, 1.82) is 0 Å². The Morgan fingerprint density at radius 2 is 2.00 bits per heavy atom. The summed E-state index contributed by atoms with van der Waals surface area (Å²) in [7, 11) is -2.29. The summed E-state index contributed by atoms with van der Waals surface area (Å²) in [6.07, 6.45) is 3.94. The summed E-state index contributed by atoms with van der Waals surface area (Å²) in [5, 5.41) is 6.56. The van der Waals surface area contributed by atoms with E-state index in [0.29, 0.717) is 18.7 Å². The van der Waals surface area contributed by atoms with Crippen molar-refractivity contribution < 1.29 is 17.6 Å². The van der Waals surface area contributed by atoms with Crippen LogP contribution in [0.2, 0.25) is 5.02 Å². The predicted molar refractivity (Wildman–Crippen MR) is 98.4 cm³/mol. The molecular weight excluding hydrogens is 395 g/mol. The van der Waals surface area contributed by atoms with Crippen molar-refractivity contribution in [1.82, 2.24) is 19.4 Å². The highest BCUT2D eigenvalue weighted by molar-refractivity contribution is 7.89. The zero-order chi connectivity index (χ0) is 19.6. The molecule has 1 aliphatic heterocycles. The van der Waals surface area contributed by atoms with Crippen LogP contribution in [0.5, 0.6) is 0 Å². The van der Waals surface area contributed by atoms with E-state index in [0.717, 1.165) is 25.3 Å². The lowest BCUT2D eigenvalue weighted by atomic mass is 10.2. The van der Waals surface area contributed by atoms with Crippen molar-refractivity contribution in [3.63, 3.8) is 0 Å². The molecule has 0 aliphatic carbocycles. The van der Waals surface area contributed by atoms with E-state index in [1.807, 2.05) is 0 Å². The molecule has 1 fully saturated rings. The van der Waals surface area contributed by atoms with Crippen molar-refractivity contribution in [2.24, 2.45) is 7.05 Å². The molecule has 1 aromatic heterocycles. The van der Waals surface area contributed by atoms with E-state index in [9.17, 15) is 17.6 Å². The molecule has 0 saturated carbocycles. The predicted octanol–water partition coefficient (Wildman–Crippen LogP) is 2.32. The molecule has 0 spiro atoms. The van der Waals surface area contributed by atoms with Crippen LogP contribution in [-0.2, 0) is 23.6 Å². The maximum atomic E-state index is 13.1. The third kappa shape index (κ3) is 4.31. The molecule has 10 heteroatoms. The van der Waals surface area contributed by atoms with Gasteiger partial charge in [-0.15, -0.1) is 0 Å². The van der Waals surface area contributed by atoms with E-state index < -0.39 is 21.7 Å². The van der Waals surface area contributed by atoms with E-state index >= 15 is 0 Å². The zero-order valence-electron chi connectivity index (χ0n) is 14.8. The van der Waals surface area contributed by atoms with Gasteiger partial charge in [0.15, 0.2) is 0 Å². The van der Waals surface area contributed by atoms with Crippen LogP contribution in [0.1, 0.15) is 35.2 Å². The summed E-state index contributed by atoms with van der Waals surface area (Å²) in [6.45, 7) is 0.881. The van der Waals surface area contributed by atoms with Crippen molar-refractivity contribution in [3.8, 4) is 0 Å². The highest BCUT2D eigenvalue weighted by Gasteiger charge is 2.33. The molecule has 3 rings (SSSR count). The SMILES string of the molecule is Cn1cc(C(=O)NCc2ccc(F)cc2Cl)c(S(=O)(=O)N2CCCCC2)n1. The number of rotatable bonds is 5. The number of nitrogens with zero attached hydrogens (tertiary/aromatic N) is 3. The summed E-state index contributed by atoms with van der Waals surface area (Å²) in [4.78, 5) is 12.6. The fourth-order valence-electron chi connectivity index (χ4n) is 2.98. The molecule has 2 heterocycles. The van der Waals surface area contributed by atoms with Crippen LogP contribution in [0.3, 0.4) is 0 Å². The number of hydrogen-bond acceptors (Lipinski definition) is 4. The third-order valence-electron chi connectivity index (χ3n) is 4.39. The first kappa shape index (κ1) is 19.8. The van der Waals surface area contributed by atoms with E-state index in [1.165, 1.54) is 27.3 Å². The summed E-state index contributed by atoms with van der Waals surface area (Å²) >= 11 is 5.96. The summed E-state index contributed by atoms with van der Waals surface area (Å²) in [5.74, 6) is -1.06. The van der Waals surface area contributed by atoms with E-state index in [-0.39, 0.29) is 22.2 Å². The van der Waals surface area contributed by atoms with Crippen LogP contribution < -0.4 is 5.32 Å². The maximum absolute atomic E-state index is 13.1. The summed E-state index contributed by atoms with van der Waals surface area (Å²) in [6, 6.07) is 3.86. The topological polar surface area (TPSA) is 84.3 Å². The van der Waals surface area contributed by atoms with Gasteiger partial charge in [-0.25, -0.2) is 12.8 Å². The highest BCUT2D eigenvalue weighted by Crippen LogP contribution is 2.23. The third-order valence-corrected chi connectivity index (χ3v) is 6.58. The fourth-order valence-corrected chi connectivity index (χ4v) is 4.85. The Morgan fingerprint density at radius 3 is 2.67 bits per heavy atom. The van der Waals surface area contributed by atoms with E-state index in [4.69, 9.17) is 11.6 Å². The fraction of sp³-hybridized carbons (Fsp3) is 0.412. The second kappa shape index (κ2) is 7.95. The van der Waals surface area contributed by atoms with Crippen LogP contribution in [0.25, 0.3) is 0 Å². The van der Waals surface area contributed by atoms with Crippen molar-refractivity contribution in [3.05, 3.63) is 46.4 Å². The quantitative estimate of drug-likeness (QED) is 0.813. The van der Waals surface area contributed by atoms with Crippen LogP contribution in [0, 0.1) is 5.82 Å². The zero-order valence-corrected chi connectivity index (χ0v) is 16.4. The smallest absolute Gasteiger partial charge is 0.263 e. The Hall–Kier alpha value is -1.97. The number of halogens is 2.